The average molecular weight is 394 g/mol. The van der Waals surface area contributed by atoms with Crippen molar-refractivity contribution in [1.29, 1.82) is 0 Å². The Balaban J connectivity index is 1.50. The van der Waals surface area contributed by atoms with Gasteiger partial charge in [-0.25, -0.2) is 4.68 Å². The molecule has 1 amide bonds. The molecule has 1 aliphatic carbocycles. The van der Waals surface area contributed by atoms with E-state index in [9.17, 15) is 4.79 Å². The molecule has 0 aliphatic heterocycles. The molecule has 4 aromatic rings. The van der Waals surface area contributed by atoms with Crippen LogP contribution in [0.5, 0.6) is 0 Å². The van der Waals surface area contributed by atoms with Crippen molar-refractivity contribution in [2.75, 3.05) is 0 Å². The quantitative estimate of drug-likeness (QED) is 0.569. The smallest absolute Gasteiger partial charge is 0.242 e. The van der Waals surface area contributed by atoms with Gasteiger partial charge in [-0.3, -0.25) is 4.79 Å². The van der Waals surface area contributed by atoms with Crippen molar-refractivity contribution < 1.29 is 4.79 Å². The lowest BCUT2D eigenvalue weighted by atomic mass is 9.89. The van der Waals surface area contributed by atoms with Crippen LogP contribution in [0.3, 0.4) is 0 Å². The van der Waals surface area contributed by atoms with Gasteiger partial charge in [-0.1, -0.05) is 84.1 Å². The first kappa shape index (κ1) is 18.3. The number of rotatable bonds is 4. The molecule has 0 saturated carbocycles. The number of aromatic nitrogens is 3. The second-order valence-corrected chi connectivity index (χ2v) is 7.52. The van der Waals surface area contributed by atoms with Gasteiger partial charge in [0.15, 0.2) is 0 Å². The van der Waals surface area contributed by atoms with Crippen molar-refractivity contribution in [3.05, 3.63) is 95.6 Å². The summed E-state index contributed by atoms with van der Waals surface area (Å²) >= 11 is 0. The van der Waals surface area contributed by atoms with Crippen LogP contribution in [-0.2, 0) is 30.7 Å². The summed E-state index contributed by atoms with van der Waals surface area (Å²) in [5.41, 5.74) is 7.52. The molecule has 0 bridgehead atoms. The largest absolute Gasteiger partial charge is 0.350 e. The number of carbonyl (C=O) groups is 1. The van der Waals surface area contributed by atoms with E-state index >= 15 is 0 Å². The Kier molecular flexibility index (Phi) is 4.85. The number of aryl methyl sites for hydroxylation is 2. The Morgan fingerprint density at radius 2 is 1.47 bits per heavy atom. The summed E-state index contributed by atoms with van der Waals surface area (Å²) < 4.78 is 1.73. The van der Waals surface area contributed by atoms with Gasteiger partial charge in [-0.15, -0.1) is 5.10 Å². The van der Waals surface area contributed by atoms with Crippen molar-refractivity contribution >= 4 is 5.91 Å². The van der Waals surface area contributed by atoms with Crippen LogP contribution >= 0.6 is 0 Å². The molecule has 30 heavy (non-hydrogen) atoms. The molecule has 5 rings (SSSR count). The van der Waals surface area contributed by atoms with Gasteiger partial charge in [-0.2, -0.15) is 0 Å². The summed E-state index contributed by atoms with van der Waals surface area (Å²) in [6.45, 7) is 0.627. The van der Waals surface area contributed by atoms with Crippen LogP contribution in [-0.4, -0.2) is 20.9 Å². The predicted molar refractivity (Wildman–Crippen MR) is 117 cm³/mol. The van der Waals surface area contributed by atoms with E-state index in [1.165, 1.54) is 11.1 Å². The van der Waals surface area contributed by atoms with Gasteiger partial charge in [0.05, 0.1) is 5.69 Å². The summed E-state index contributed by atoms with van der Waals surface area (Å²) in [4.78, 5) is 12.7. The minimum atomic E-state index is -0.0839. The maximum Gasteiger partial charge on any atom is 0.242 e. The van der Waals surface area contributed by atoms with E-state index < -0.39 is 0 Å². The van der Waals surface area contributed by atoms with Crippen LogP contribution in [0.4, 0.5) is 0 Å². The molecule has 0 unspecified atom stereocenters. The Hall–Kier alpha value is -3.73. The van der Waals surface area contributed by atoms with Crippen molar-refractivity contribution in [2.45, 2.75) is 25.9 Å². The molecule has 3 aromatic carbocycles. The summed E-state index contributed by atoms with van der Waals surface area (Å²) in [7, 11) is 0. The first-order valence-electron chi connectivity index (χ1n) is 10.2. The highest BCUT2D eigenvalue weighted by molar-refractivity contribution is 5.84. The number of carbonyl (C=O) groups excluding carboxylic acids is 1. The van der Waals surface area contributed by atoms with Crippen molar-refractivity contribution in [1.82, 2.24) is 20.3 Å². The number of hydrogen-bond donors (Lipinski definition) is 1. The van der Waals surface area contributed by atoms with Gasteiger partial charge in [0.25, 0.3) is 0 Å². The van der Waals surface area contributed by atoms with Crippen molar-refractivity contribution in [2.24, 2.45) is 0 Å². The molecule has 0 atom stereocenters. The molecule has 1 aromatic heterocycles. The molecule has 1 heterocycles. The molecular formula is C25H22N4O. The molecule has 0 radical (unpaired) electrons. The van der Waals surface area contributed by atoms with Crippen LogP contribution in [0.15, 0.2) is 78.9 Å². The van der Waals surface area contributed by atoms with Crippen molar-refractivity contribution in [3.63, 3.8) is 0 Å². The minimum Gasteiger partial charge on any atom is -0.350 e. The molecule has 1 aliphatic rings. The fourth-order valence-electron chi connectivity index (χ4n) is 4.07. The van der Waals surface area contributed by atoms with Gasteiger partial charge in [0.2, 0.25) is 5.91 Å². The number of amides is 1. The Bertz CT molecular complexity index is 1200. The highest BCUT2D eigenvalue weighted by Crippen LogP contribution is 2.37. The highest BCUT2D eigenvalue weighted by Gasteiger charge is 2.24. The second kappa shape index (κ2) is 7.95. The van der Waals surface area contributed by atoms with Crippen LogP contribution in [0.25, 0.3) is 22.5 Å². The third-order valence-corrected chi connectivity index (χ3v) is 5.57. The molecular weight excluding hydrogens is 372 g/mol. The highest BCUT2D eigenvalue weighted by atomic mass is 16.2. The van der Waals surface area contributed by atoms with E-state index in [0.717, 1.165) is 40.9 Å². The van der Waals surface area contributed by atoms with E-state index in [0.29, 0.717) is 6.54 Å². The van der Waals surface area contributed by atoms with E-state index in [4.69, 9.17) is 0 Å². The standard InChI is InChI=1S/C25H22N4O/c30-23(26-16-18-8-2-1-3-9-18)17-29-25-22-13-7-5-11-20(22)15-14-19-10-4-6-12-21(19)24(25)27-28-29/h1-13H,14-17H2,(H,26,30). The second-order valence-electron chi connectivity index (χ2n) is 7.52. The van der Waals surface area contributed by atoms with E-state index in [-0.39, 0.29) is 12.5 Å². The maximum absolute atomic E-state index is 12.7. The van der Waals surface area contributed by atoms with Gasteiger partial charge in [-0.05, 0) is 29.5 Å². The van der Waals surface area contributed by atoms with E-state index in [1.54, 1.807) is 4.68 Å². The number of benzene rings is 3. The van der Waals surface area contributed by atoms with E-state index in [1.807, 2.05) is 42.5 Å². The molecule has 148 valence electrons. The zero-order valence-corrected chi connectivity index (χ0v) is 16.6. The van der Waals surface area contributed by atoms with Crippen LogP contribution in [0.2, 0.25) is 0 Å². The Morgan fingerprint density at radius 1 is 0.833 bits per heavy atom. The number of nitrogens with one attached hydrogen (secondary N) is 1. The van der Waals surface area contributed by atoms with Gasteiger partial charge < -0.3 is 5.32 Å². The Morgan fingerprint density at radius 3 is 2.23 bits per heavy atom. The maximum atomic E-state index is 12.7. The summed E-state index contributed by atoms with van der Waals surface area (Å²) in [6, 6.07) is 26.6. The van der Waals surface area contributed by atoms with Crippen LogP contribution < -0.4 is 5.32 Å². The third-order valence-electron chi connectivity index (χ3n) is 5.57. The Labute approximate surface area is 175 Å². The normalized spacial score (nSPS) is 12.1. The molecule has 0 fully saturated rings. The molecule has 5 nitrogen and oxygen atoms in total. The van der Waals surface area contributed by atoms with Gasteiger partial charge in [0.1, 0.15) is 12.2 Å². The zero-order valence-electron chi connectivity index (χ0n) is 16.6. The minimum absolute atomic E-state index is 0.0839. The summed E-state index contributed by atoms with van der Waals surface area (Å²) in [5, 5.41) is 11.9. The lowest BCUT2D eigenvalue weighted by Crippen LogP contribution is -2.28. The fourth-order valence-corrected chi connectivity index (χ4v) is 4.07. The molecule has 0 spiro atoms. The van der Waals surface area contributed by atoms with Crippen LogP contribution in [0, 0.1) is 0 Å². The molecule has 5 heteroatoms. The topological polar surface area (TPSA) is 59.8 Å². The SMILES string of the molecule is O=C(Cn1nnc2c1-c1ccccc1CCc1ccccc1-2)NCc1ccccc1. The lowest BCUT2D eigenvalue weighted by molar-refractivity contribution is -0.122. The predicted octanol–water partition coefficient (Wildman–Crippen LogP) is 4.03. The number of fused-ring (bicyclic) bond motifs is 5. The number of hydrogen-bond acceptors (Lipinski definition) is 3. The lowest BCUT2D eigenvalue weighted by Gasteiger charge is -2.17. The van der Waals surface area contributed by atoms with Crippen LogP contribution in [0.1, 0.15) is 16.7 Å². The summed E-state index contributed by atoms with van der Waals surface area (Å²) in [5.74, 6) is -0.0839. The van der Waals surface area contributed by atoms with Crippen molar-refractivity contribution in [3.8, 4) is 22.5 Å². The monoisotopic (exact) mass is 394 g/mol. The molecule has 0 saturated heterocycles. The fraction of sp³-hybridized carbons (Fsp3) is 0.160. The first-order chi connectivity index (χ1) is 14.8. The third kappa shape index (κ3) is 3.50. The van der Waals surface area contributed by atoms with E-state index in [2.05, 4.69) is 52.0 Å². The zero-order chi connectivity index (χ0) is 20.3. The average Bonchev–Trinajstić information content (AvgIpc) is 3.18. The van der Waals surface area contributed by atoms with Gasteiger partial charge in [0, 0.05) is 17.7 Å². The first-order valence-corrected chi connectivity index (χ1v) is 10.2. The molecule has 1 N–H and O–H groups in total. The van der Waals surface area contributed by atoms with Gasteiger partial charge >= 0.3 is 0 Å². The summed E-state index contributed by atoms with van der Waals surface area (Å²) in [6.07, 6.45) is 1.90. The number of nitrogens with zero attached hydrogens (tertiary/aromatic N) is 3.